The van der Waals surface area contributed by atoms with Gasteiger partial charge in [0.25, 0.3) is 0 Å². The van der Waals surface area contributed by atoms with Crippen molar-refractivity contribution in [3.05, 3.63) is 23.8 Å². The van der Waals surface area contributed by atoms with Crippen molar-refractivity contribution < 1.29 is 23.1 Å². The van der Waals surface area contributed by atoms with Crippen molar-refractivity contribution in [2.75, 3.05) is 0 Å². The van der Waals surface area contributed by atoms with Crippen LogP contribution >= 0.6 is 0 Å². The van der Waals surface area contributed by atoms with E-state index in [1.807, 2.05) is 0 Å². The van der Waals surface area contributed by atoms with Crippen LogP contribution in [0.3, 0.4) is 0 Å². The highest BCUT2D eigenvalue weighted by Crippen LogP contribution is 2.29. The van der Waals surface area contributed by atoms with Gasteiger partial charge in [-0.2, -0.15) is 0 Å². The van der Waals surface area contributed by atoms with Gasteiger partial charge in [0, 0.05) is 6.07 Å². The predicted molar refractivity (Wildman–Crippen MR) is 58.4 cm³/mol. The zero-order valence-corrected chi connectivity index (χ0v) is 9.61. The maximum absolute atomic E-state index is 11.2. The fourth-order valence-corrected chi connectivity index (χ4v) is 1.88. The molecule has 3 N–H and O–H groups in total. The van der Waals surface area contributed by atoms with Gasteiger partial charge in [0.05, 0.1) is 16.6 Å². The van der Waals surface area contributed by atoms with E-state index in [0.29, 0.717) is 0 Å². The Kier molecular flexibility index (Phi) is 2.80. The van der Waals surface area contributed by atoms with Crippen LogP contribution in [0.5, 0.6) is 5.75 Å². The van der Waals surface area contributed by atoms with E-state index in [-0.39, 0.29) is 22.3 Å². The fraction of sp³-hybridized carbons (Fsp3) is 0.300. The number of rotatable bonds is 4. The Bertz CT molecular complexity index is 562. The van der Waals surface area contributed by atoms with Crippen molar-refractivity contribution in [2.45, 2.75) is 23.8 Å². The highest BCUT2D eigenvalue weighted by atomic mass is 32.2. The minimum atomic E-state index is -3.94. The molecule has 0 saturated heterocycles. The number of sulfonamides is 1. The summed E-state index contributed by atoms with van der Waals surface area (Å²) in [5.74, 6) is -1.01. The van der Waals surface area contributed by atoms with Crippen LogP contribution in [-0.2, 0) is 10.0 Å². The normalized spacial score (nSPS) is 15.6. The number of carboxylic acids is 1. The van der Waals surface area contributed by atoms with E-state index in [1.54, 1.807) is 0 Å². The van der Waals surface area contributed by atoms with Crippen molar-refractivity contribution >= 4 is 16.0 Å². The van der Waals surface area contributed by atoms with Crippen LogP contribution in [0, 0.1) is 0 Å². The SMILES string of the molecule is NS(=O)(=O)c1cc(OC2CC2)cc(C(=O)O)c1. The van der Waals surface area contributed by atoms with Crippen molar-refractivity contribution in [1.29, 1.82) is 0 Å². The van der Waals surface area contributed by atoms with E-state index in [2.05, 4.69) is 0 Å². The molecular formula is C10H11NO5S. The molecule has 1 saturated carbocycles. The van der Waals surface area contributed by atoms with Gasteiger partial charge in [0.15, 0.2) is 0 Å². The molecule has 0 unspecified atom stereocenters. The summed E-state index contributed by atoms with van der Waals surface area (Å²) >= 11 is 0. The summed E-state index contributed by atoms with van der Waals surface area (Å²) < 4.78 is 27.7. The van der Waals surface area contributed by atoms with Gasteiger partial charge < -0.3 is 9.84 Å². The summed E-state index contributed by atoms with van der Waals surface area (Å²) in [5.41, 5.74) is -0.160. The smallest absolute Gasteiger partial charge is 0.335 e. The molecule has 2 rings (SSSR count). The molecule has 1 aromatic carbocycles. The monoisotopic (exact) mass is 257 g/mol. The second-order valence-electron chi connectivity index (χ2n) is 3.86. The summed E-state index contributed by atoms with van der Waals surface area (Å²) in [7, 11) is -3.94. The molecule has 7 heteroatoms. The van der Waals surface area contributed by atoms with Gasteiger partial charge in [-0.05, 0) is 25.0 Å². The van der Waals surface area contributed by atoms with E-state index in [0.717, 1.165) is 18.9 Å². The van der Waals surface area contributed by atoms with Gasteiger partial charge in [-0.1, -0.05) is 0 Å². The molecule has 17 heavy (non-hydrogen) atoms. The molecule has 1 aliphatic carbocycles. The van der Waals surface area contributed by atoms with E-state index < -0.39 is 16.0 Å². The number of benzene rings is 1. The molecule has 1 aromatic rings. The van der Waals surface area contributed by atoms with Gasteiger partial charge in [0.2, 0.25) is 10.0 Å². The summed E-state index contributed by atoms with van der Waals surface area (Å²) in [4.78, 5) is 10.6. The lowest BCUT2D eigenvalue weighted by molar-refractivity contribution is 0.0696. The number of nitrogens with two attached hydrogens (primary N) is 1. The molecule has 0 spiro atoms. The number of hydrogen-bond donors (Lipinski definition) is 2. The molecule has 0 radical (unpaired) electrons. The molecule has 0 atom stereocenters. The highest BCUT2D eigenvalue weighted by molar-refractivity contribution is 7.89. The van der Waals surface area contributed by atoms with Crippen LogP contribution in [0.2, 0.25) is 0 Å². The largest absolute Gasteiger partial charge is 0.490 e. The Morgan fingerprint density at radius 1 is 1.35 bits per heavy atom. The number of carboxylic acid groups (broad SMARTS) is 1. The van der Waals surface area contributed by atoms with Gasteiger partial charge in [-0.3, -0.25) is 0 Å². The summed E-state index contributed by atoms with van der Waals surface area (Å²) in [6.07, 6.45) is 1.83. The number of carbonyl (C=O) groups is 1. The minimum absolute atomic E-state index is 0.0485. The van der Waals surface area contributed by atoms with Crippen molar-refractivity contribution in [1.82, 2.24) is 0 Å². The Morgan fingerprint density at radius 3 is 2.47 bits per heavy atom. The molecular weight excluding hydrogens is 246 g/mol. The summed E-state index contributed by atoms with van der Waals surface area (Å²) in [6, 6.07) is 3.53. The molecule has 0 amide bonds. The Hall–Kier alpha value is -1.60. The first-order valence-corrected chi connectivity index (χ1v) is 6.49. The zero-order chi connectivity index (χ0) is 12.6. The molecule has 92 valence electrons. The van der Waals surface area contributed by atoms with Crippen LogP contribution < -0.4 is 9.88 Å². The first-order valence-electron chi connectivity index (χ1n) is 4.94. The standard InChI is InChI=1S/C10H11NO5S/c11-17(14,15)9-4-6(10(12)13)3-8(5-9)16-7-1-2-7/h3-5,7H,1-2H2,(H,12,13)(H2,11,14,15). The van der Waals surface area contributed by atoms with E-state index in [1.165, 1.54) is 12.1 Å². The molecule has 0 heterocycles. The lowest BCUT2D eigenvalue weighted by Crippen LogP contribution is -2.13. The van der Waals surface area contributed by atoms with E-state index in [9.17, 15) is 13.2 Å². The third kappa shape index (κ3) is 2.95. The number of ether oxygens (including phenoxy) is 1. The Balaban J connectivity index is 2.44. The van der Waals surface area contributed by atoms with Gasteiger partial charge in [-0.15, -0.1) is 0 Å². The maximum atomic E-state index is 11.2. The number of hydrogen-bond acceptors (Lipinski definition) is 4. The maximum Gasteiger partial charge on any atom is 0.335 e. The van der Waals surface area contributed by atoms with Gasteiger partial charge in [-0.25, -0.2) is 18.4 Å². The summed E-state index contributed by atoms with van der Waals surface area (Å²) in [5, 5.41) is 13.8. The van der Waals surface area contributed by atoms with Crippen LogP contribution in [0.15, 0.2) is 23.1 Å². The van der Waals surface area contributed by atoms with E-state index >= 15 is 0 Å². The van der Waals surface area contributed by atoms with Crippen LogP contribution in [0.4, 0.5) is 0 Å². The lowest BCUT2D eigenvalue weighted by atomic mass is 10.2. The van der Waals surface area contributed by atoms with E-state index in [4.69, 9.17) is 15.0 Å². The fourth-order valence-electron chi connectivity index (χ4n) is 1.31. The number of aromatic carboxylic acids is 1. The molecule has 6 nitrogen and oxygen atoms in total. The third-order valence-electron chi connectivity index (χ3n) is 2.28. The topological polar surface area (TPSA) is 107 Å². The average Bonchev–Trinajstić information content (AvgIpc) is 2.99. The quantitative estimate of drug-likeness (QED) is 0.820. The molecule has 1 aliphatic rings. The summed E-state index contributed by atoms with van der Waals surface area (Å²) in [6.45, 7) is 0. The second kappa shape index (κ2) is 4.01. The van der Waals surface area contributed by atoms with Crippen molar-refractivity contribution in [3.8, 4) is 5.75 Å². The van der Waals surface area contributed by atoms with Crippen molar-refractivity contribution in [2.24, 2.45) is 5.14 Å². The zero-order valence-electron chi connectivity index (χ0n) is 8.79. The molecule has 1 fully saturated rings. The second-order valence-corrected chi connectivity index (χ2v) is 5.42. The molecule has 0 aromatic heterocycles. The Morgan fingerprint density at radius 2 is 2.00 bits per heavy atom. The highest BCUT2D eigenvalue weighted by Gasteiger charge is 2.24. The van der Waals surface area contributed by atoms with Crippen LogP contribution in [-0.4, -0.2) is 25.6 Å². The van der Waals surface area contributed by atoms with Crippen LogP contribution in [0.1, 0.15) is 23.2 Å². The molecule has 0 aliphatic heterocycles. The first-order chi connectivity index (χ1) is 7.86. The average molecular weight is 257 g/mol. The van der Waals surface area contributed by atoms with Crippen LogP contribution in [0.25, 0.3) is 0 Å². The first kappa shape index (κ1) is 11.9. The molecule has 0 bridgehead atoms. The minimum Gasteiger partial charge on any atom is -0.490 e. The third-order valence-corrected chi connectivity index (χ3v) is 3.18. The van der Waals surface area contributed by atoms with Gasteiger partial charge >= 0.3 is 5.97 Å². The number of primary sulfonamides is 1. The van der Waals surface area contributed by atoms with Gasteiger partial charge in [0.1, 0.15) is 5.75 Å². The van der Waals surface area contributed by atoms with Crippen molar-refractivity contribution in [3.63, 3.8) is 0 Å². The lowest BCUT2D eigenvalue weighted by Gasteiger charge is -2.07. The Labute approximate surface area is 98.1 Å². The predicted octanol–water partition coefficient (Wildman–Crippen LogP) is 0.573.